The maximum Gasteiger partial charge on any atom is 0.0903 e. The van der Waals surface area contributed by atoms with Gasteiger partial charge in [-0.25, -0.2) is 0 Å². The molecule has 29 heavy (non-hydrogen) atoms. The van der Waals surface area contributed by atoms with Crippen molar-refractivity contribution in [3.05, 3.63) is 68.7 Å². The maximum absolute atomic E-state index is 11.4. The van der Waals surface area contributed by atoms with Crippen molar-refractivity contribution in [3.63, 3.8) is 0 Å². The van der Waals surface area contributed by atoms with Gasteiger partial charge in [-0.15, -0.1) is 0 Å². The van der Waals surface area contributed by atoms with Crippen molar-refractivity contribution < 1.29 is 10.2 Å². The highest BCUT2D eigenvalue weighted by atomic mass is 35.5. The molecule has 2 aliphatic carbocycles. The minimum atomic E-state index is -0.896. The average Bonchev–Trinajstić information content (AvgIpc) is 3.34. The van der Waals surface area contributed by atoms with Crippen LogP contribution in [0.25, 0.3) is 0 Å². The first-order valence-corrected chi connectivity index (χ1v) is 11.1. The van der Waals surface area contributed by atoms with Gasteiger partial charge in [0.2, 0.25) is 0 Å². The molecule has 154 valence electrons. The highest BCUT2D eigenvalue weighted by Gasteiger charge is 2.38. The molecule has 2 fully saturated rings. The molecule has 0 spiro atoms. The fraction of sp³-hybridized carbons (Fsp3) is 0.458. The van der Waals surface area contributed by atoms with Crippen LogP contribution in [0.3, 0.4) is 0 Å². The van der Waals surface area contributed by atoms with Gasteiger partial charge in [-0.1, -0.05) is 61.0 Å². The van der Waals surface area contributed by atoms with Crippen molar-refractivity contribution >= 4 is 28.9 Å². The minimum absolute atomic E-state index is 0.602. The molecule has 5 heteroatoms. The van der Waals surface area contributed by atoms with Crippen molar-refractivity contribution in [2.24, 2.45) is 4.99 Å². The van der Waals surface area contributed by atoms with E-state index < -0.39 is 11.2 Å². The molecule has 0 bridgehead atoms. The Kier molecular flexibility index (Phi) is 5.78. The van der Waals surface area contributed by atoms with Crippen LogP contribution in [0.5, 0.6) is 0 Å². The molecule has 0 aliphatic heterocycles. The summed E-state index contributed by atoms with van der Waals surface area (Å²) in [6.07, 6.45) is 6.84. The summed E-state index contributed by atoms with van der Waals surface area (Å²) in [5.74, 6) is 0. The number of benzene rings is 2. The summed E-state index contributed by atoms with van der Waals surface area (Å²) in [5.41, 5.74) is 2.34. The Morgan fingerprint density at radius 1 is 0.759 bits per heavy atom. The Morgan fingerprint density at radius 2 is 1.14 bits per heavy atom. The molecule has 0 amide bonds. The van der Waals surface area contributed by atoms with E-state index >= 15 is 0 Å². The van der Waals surface area contributed by atoms with Gasteiger partial charge in [0.25, 0.3) is 0 Å². The summed E-state index contributed by atoms with van der Waals surface area (Å²) >= 11 is 12.6. The molecule has 0 atom stereocenters. The summed E-state index contributed by atoms with van der Waals surface area (Å²) in [6.45, 7) is 0. The van der Waals surface area contributed by atoms with E-state index in [1.54, 1.807) is 7.05 Å². The van der Waals surface area contributed by atoms with Crippen molar-refractivity contribution in [1.82, 2.24) is 0 Å². The third-order valence-corrected chi connectivity index (χ3v) is 7.03. The molecule has 0 unspecified atom stereocenters. The quantitative estimate of drug-likeness (QED) is 0.584. The average molecular weight is 432 g/mol. The number of nitrogens with zero attached hydrogens (tertiary/aromatic N) is 1. The molecule has 2 saturated carbocycles. The molecular formula is C24H27Cl2NO2. The number of halogens is 2. The van der Waals surface area contributed by atoms with E-state index in [1.807, 2.05) is 36.4 Å². The van der Waals surface area contributed by atoms with Gasteiger partial charge in [-0.05, 0) is 61.1 Å². The van der Waals surface area contributed by atoms with Gasteiger partial charge >= 0.3 is 0 Å². The van der Waals surface area contributed by atoms with Gasteiger partial charge in [0.15, 0.2) is 0 Å². The number of aliphatic hydroxyl groups is 2. The highest BCUT2D eigenvalue weighted by Crippen LogP contribution is 2.44. The largest absolute Gasteiger partial charge is 0.385 e. The Morgan fingerprint density at radius 3 is 1.48 bits per heavy atom. The lowest BCUT2D eigenvalue weighted by Crippen LogP contribution is -2.27. The SMILES string of the molecule is CN=C(c1ccc(Cl)cc1C1(O)CCCC1)c1ccc(Cl)cc1C1(O)CCCC1. The summed E-state index contributed by atoms with van der Waals surface area (Å²) < 4.78 is 0. The van der Waals surface area contributed by atoms with Crippen LogP contribution in [0.15, 0.2) is 41.4 Å². The van der Waals surface area contributed by atoms with Gasteiger partial charge in [0.05, 0.1) is 16.9 Å². The molecule has 0 radical (unpaired) electrons. The van der Waals surface area contributed by atoms with Crippen LogP contribution in [-0.2, 0) is 11.2 Å². The lowest BCUT2D eigenvalue weighted by molar-refractivity contribution is 0.0442. The van der Waals surface area contributed by atoms with Gasteiger partial charge in [0, 0.05) is 28.2 Å². The van der Waals surface area contributed by atoms with Gasteiger partial charge < -0.3 is 10.2 Å². The van der Waals surface area contributed by atoms with E-state index in [9.17, 15) is 10.2 Å². The molecule has 0 heterocycles. The first-order valence-electron chi connectivity index (χ1n) is 10.4. The van der Waals surface area contributed by atoms with Crippen LogP contribution >= 0.6 is 23.2 Å². The Balaban J connectivity index is 1.89. The van der Waals surface area contributed by atoms with E-state index in [-0.39, 0.29) is 0 Å². The smallest absolute Gasteiger partial charge is 0.0903 e. The number of hydrogen-bond donors (Lipinski definition) is 2. The Labute approximate surface area is 182 Å². The second-order valence-corrected chi connectivity index (χ2v) is 9.30. The molecule has 0 aromatic heterocycles. The van der Waals surface area contributed by atoms with Gasteiger partial charge in [-0.3, -0.25) is 4.99 Å². The topological polar surface area (TPSA) is 52.8 Å². The molecule has 4 rings (SSSR count). The molecule has 2 aromatic rings. The van der Waals surface area contributed by atoms with Crippen LogP contribution in [0.4, 0.5) is 0 Å². The maximum atomic E-state index is 11.4. The van der Waals surface area contributed by atoms with Crippen LogP contribution < -0.4 is 0 Å². The van der Waals surface area contributed by atoms with Crippen molar-refractivity contribution in [1.29, 1.82) is 0 Å². The highest BCUT2D eigenvalue weighted by molar-refractivity contribution is 6.31. The third kappa shape index (κ3) is 3.86. The molecular weight excluding hydrogens is 405 g/mol. The predicted molar refractivity (Wildman–Crippen MR) is 119 cm³/mol. The monoisotopic (exact) mass is 431 g/mol. The number of rotatable bonds is 4. The predicted octanol–water partition coefficient (Wildman–Crippen LogP) is 5.98. The summed E-state index contributed by atoms with van der Waals surface area (Å²) in [5, 5.41) is 23.9. The number of aliphatic imine (C=N–C) groups is 1. The van der Waals surface area contributed by atoms with Crippen LogP contribution in [0.2, 0.25) is 10.0 Å². The summed E-state index contributed by atoms with van der Waals surface area (Å²) in [4.78, 5) is 4.62. The van der Waals surface area contributed by atoms with E-state index in [0.29, 0.717) is 10.0 Å². The molecule has 2 aliphatic rings. The zero-order chi connectivity index (χ0) is 20.6. The van der Waals surface area contributed by atoms with E-state index in [2.05, 4.69) is 4.99 Å². The van der Waals surface area contributed by atoms with E-state index in [4.69, 9.17) is 23.2 Å². The molecule has 0 saturated heterocycles. The van der Waals surface area contributed by atoms with Gasteiger partial charge in [-0.2, -0.15) is 0 Å². The zero-order valence-corrected chi connectivity index (χ0v) is 18.2. The summed E-state index contributed by atoms with van der Waals surface area (Å²) in [6, 6.07) is 11.3. The van der Waals surface area contributed by atoms with Crippen molar-refractivity contribution in [3.8, 4) is 0 Å². The first kappa shape index (κ1) is 20.9. The molecule has 2 N–H and O–H groups in total. The minimum Gasteiger partial charge on any atom is -0.385 e. The third-order valence-electron chi connectivity index (χ3n) is 6.56. The van der Waals surface area contributed by atoms with E-state index in [0.717, 1.165) is 79.3 Å². The fourth-order valence-corrected chi connectivity index (χ4v) is 5.40. The van der Waals surface area contributed by atoms with Gasteiger partial charge in [0.1, 0.15) is 0 Å². The Hall–Kier alpha value is -1.39. The normalized spacial score (nSPS) is 20.0. The Bertz CT molecular complexity index is 868. The van der Waals surface area contributed by atoms with E-state index in [1.165, 1.54) is 0 Å². The molecule has 2 aromatic carbocycles. The lowest BCUT2D eigenvalue weighted by Gasteiger charge is -2.29. The first-order chi connectivity index (χ1) is 13.9. The fourth-order valence-electron chi connectivity index (χ4n) is 5.06. The van der Waals surface area contributed by atoms with Crippen LogP contribution in [0.1, 0.15) is 73.6 Å². The zero-order valence-electron chi connectivity index (χ0n) is 16.7. The standard InChI is InChI=1S/C24H27Cl2NO2/c1-27-22(18-8-6-16(25)14-20(18)23(28)10-2-3-11-23)19-9-7-17(26)15-21(19)24(29)12-4-5-13-24/h6-9,14-15,28-29H,2-5,10-13H2,1H3. The molecule has 3 nitrogen and oxygen atoms in total. The summed E-state index contributed by atoms with van der Waals surface area (Å²) in [7, 11) is 1.75. The second-order valence-electron chi connectivity index (χ2n) is 8.43. The lowest BCUT2D eigenvalue weighted by atomic mass is 9.81. The van der Waals surface area contributed by atoms with Crippen molar-refractivity contribution in [2.75, 3.05) is 7.05 Å². The van der Waals surface area contributed by atoms with Crippen LogP contribution in [-0.4, -0.2) is 23.0 Å². The second kappa shape index (κ2) is 8.03. The number of hydrogen-bond acceptors (Lipinski definition) is 3. The van der Waals surface area contributed by atoms with Crippen LogP contribution in [0, 0.1) is 0 Å². The van der Waals surface area contributed by atoms with Crippen molar-refractivity contribution in [2.45, 2.75) is 62.6 Å².